The number of alkyl halides is 3. The van der Waals surface area contributed by atoms with Gasteiger partial charge in [0.2, 0.25) is 5.91 Å². The molecule has 2 fully saturated rings. The molecule has 0 spiro atoms. The van der Waals surface area contributed by atoms with E-state index >= 15 is 0 Å². The highest BCUT2D eigenvalue weighted by Crippen LogP contribution is 2.32. The van der Waals surface area contributed by atoms with E-state index in [0.717, 1.165) is 32.0 Å². The second-order valence-corrected chi connectivity index (χ2v) is 7.42. The van der Waals surface area contributed by atoms with Crippen LogP contribution >= 0.6 is 0 Å². The molecule has 3 amide bonds. The highest BCUT2D eigenvalue weighted by Gasteiger charge is 2.32. The maximum atomic E-state index is 13.0. The number of piperazine rings is 1. The molecule has 2 aliphatic rings. The lowest BCUT2D eigenvalue weighted by Crippen LogP contribution is -2.56. The van der Waals surface area contributed by atoms with Crippen molar-refractivity contribution in [3.8, 4) is 0 Å². The van der Waals surface area contributed by atoms with E-state index in [2.05, 4.69) is 10.2 Å². The number of nitrogens with one attached hydrogen (secondary N) is 1. The quantitative estimate of drug-likeness (QED) is 0.784. The second kappa shape index (κ2) is 8.89. The van der Waals surface area contributed by atoms with Crippen LogP contribution in [-0.2, 0) is 11.0 Å². The molecule has 160 valence electrons. The van der Waals surface area contributed by atoms with Crippen molar-refractivity contribution in [1.29, 1.82) is 0 Å². The zero-order chi connectivity index (χ0) is 21.0. The molecule has 1 aromatic carbocycles. The van der Waals surface area contributed by atoms with Gasteiger partial charge in [-0.25, -0.2) is 4.79 Å². The highest BCUT2D eigenvalue weighted by atomic mass is 19.4. The number of likely N-dealkylation sites (tertiary alicyclic amines) is 1. The average molecular weight is 413 g/mol. The van der Waals surface area contributed by atoms with Gasteiger partial charge in [0.15, 0.2) is 0 Å². The van der Waals surface area contributed by atoms with Gasteiger partial charge in [-0.1, -0.05) is 6.07 Å². The van der Waals surface area contributed by atoms with Crippen molar-refractivity contribution >= 4 is 17.6 Å². The third-order valence-corrected chi connectivity index (χ3v) is 5.53. The summed E-state index contributed by atoms with van der Waals surface area (Å²) in [6.07, 6.45) is -2.50. The number of carbonyl (C=O) groups excluding carboxylic acids is 2. The van der Waals surface area contributed by atoms with Crippen molar-refractivity contribution in [3.63, 3.8) is 0 Å². The van der Waals surface area contributed by atoms with Gasteiger partial charge in [-0.3, -0.25) is 9.69 Å². The SMILES string of the molecule is NC(=O)NCC(=O)N1CCC[C@H](N2CCN(c3cccc(C(F)(F)F)c3)CC2)C1. The third-order valence-electron chi connectivity index (χ3n) is 5.53. The number of rotatable bonds is 4. The zero-order valence-electron chi connectivity index (χ0n) is 16.1. The Labute approximate surface area is 167 Å². The maximum absolute atomic E-state index is 13.0. The molecular formula is C19H26F3N5O2. The van der Waals surface area contributed by atoms with Gasteiger partial charge < -0.3 is 20.9 Å². The Hall–Kier alpha value is -2.49. The van der Waals surface area contributed by atoms with E-state index in [9.17, 15) is 22.8 Å². The molecule has 2 heterocycles. The first-order valence-electron chi connectivity index (χ1n) is 9.71. The van der Waals surface area contributed by atoms with Crippen molar-refractivity contribution < 1.29 is 22.8 Å². The number of urea groups is 1. The molecule has 0 aliphatic carbocycles. The van der Waals surface area contributed by atoms with Gasteiger partial charge >= 0.3 is 12.2 Å². The Kier molecular flexibility index (Phi) is 6.51. The molecule has 0 radical (unpaired) electrons. The van der Waals surface area contributed by atoms with Crippen molar-refractivity contribution in [2.24, 2.45) is 5.73 Å². The normalized spacial score (nSPS) is 21.1. The van der Waals surface area contributed by atoms with Gasteiger partial charge in [-0.2, -0.15) is 13.2 Å². The minimum Gasteiger partial charge on any atom is -0.369 e. The Morgan fingerprint density at radius 1 is 1.14 bits per heavy atom. The molecule has 29 heavy (non-hydrogen) atoms. The molecule has 10 heteroatoms. The molecule has 3 rings (SSSR count). The second-order valence-electron chi connectivity index (χ2n) is 7.42. The van der Waals surface area contributed by atoms with E-state index in [-0.39, 0.29) is 18.5 Å². The molecule has 1 aromatic rings. The lowest BCUT2D eigenvalue weighted by Gasteiger charge is -2.44. The zero-order valence-corrected chi connectivity index (χ0v) is 16.1. The van der Waals surface area contributed by atoms with Crippen LogP contribution in [0.2, 0.25) is 0 Å². The van der Waals surface area contributed by atoms with E-state index in [4.69, 9.17) is 5.73 Å². The molecular weight excluding hydrogens is 387 g/mol. The topological polar surface area (TPSA) is 81.9 Å². The number of benzene rings is 1. The van der Waals surface area contributed by atoms with E-state index in [1.54, 1.807) is 11.0 Å². The van der Waals surface area contributed by atoms with Crippen LogP contribution in [0.1, 0.15) is 18.4 Å². The van der Waals surface area contributed by atoms with E-state index in [1.807, 2.05) is 4.90 Å². The highest BCUT2D eigenvalue weighted by molar-refractivity contribution is 5.83. The summed E-state index contributed by atoms with van der Waals surface area (Å²) in [5.74, 6) is -0.156. The molecule has 3 N–H and O–H groups in total. The first-order chi connectivity index (χ1) is 13.7. The van der Waals surface area contributed by atoms with E-state index in [1.165, 1.54) is 12.1 Å². The Balaban J connectivity index is 1.54. The Morgan fingerprint density at radius 2 is 1.86 bits per heavy atom. The molecule has 2 saturated heterocycles. The van der Waals surface area contributed by atoms with Gasteiger partial charge in [-0.05, 0) is 31.0 Å². The summed E-state index contributed by atoms with van der Waals surface area (Å²) < 4.78 is 38.9. The summed E-state index contributed by atoms with van der Waals surface area (Å²) in [6.45, 7) is 3.85. The predicted molar refractivity (Wildman–Crippen MR) is 102 cm³/mol. The van der Waals surface area contributed by atoms with Crippen LogP contribution in [0.4, 0.5) is 23.7 Å². The number of halogens is 3. The molecule has 0 saturated carbocycles. The van der Waals surface area contributed by atoms with Crippen LogP contribution in [0.15, 0.2) is 24.3 Å². The van der Waals surface area contributed by atoms with Gasteiger partial charge in [0, 0.05) is 51.0 Å². The smallest absolute Gasteiger partial charge is 0.369 e. The summed E-state index contributed by atoms with van der Waals surface area (Å²) in [5.41, 5.74) is 4.96. The number of nitrogens with zero attached hydrogens (tertiary/aromatic N) is 3. The van der Waals surface area contributed by atoms with Crippen molar-refractivity contribution in [2.75, 3.05) is 50.7 Å². The number of nitrogens with two attached hydrogens (primary N) is 1. The first kappa shape index (κ1) is 21.2. The van der Waals surface area contributed by atoms with Gasteiger partial charge in [-0.15, -0.1) is 0 Å². The fourth-order valence-corrected chi connectivity index (χ4v) is 3.98. The first-order valence-corrected chi connectivity index (χ1v) is 9.71. The van der Waals surface area contributed by atoms with E-state index in [0.29, 0.717) is 31.9 Å². The molecule has 0 unspecified atom stereocenters. The number of anilines is 1. The summed E-state index contributed by atoms with van der Waals surface area (Å²) in [4.78, 5) is 29.0. The summed E-state index contributed by atoms with van der Waals surface area (Å²) >= 11 is 0. The monoisotopic (exact) mass is 413 g/mol. The minimum atomic E-state index is -4.35. The summed E-state index contributed by atoms with van der Waals surface area (Å²) in [6, 6.07) is 4.91. The van der Waals surface area contributed by atoms with Crippen LogP contribution in [0, 0.1) is 0 Å². The third kappa shape index (κ3) is 5.53. The number of amides is 3. The van der Waals surface area contributed by atoms with Crippen molar-refractivity contribution in [2.45, 2.75) is 25.1 Å². The lowest BCUT2D eigenvalue weighted by atomic mass is 10.0. The fraction of sp³-hybridized carbons (Fsp3) is 0.579. The van der Waals surface area contributed by atoms with Crippen LogP contribution < -0.4 is 16.0 Å². The van der Waals surface area contributed by atoms with E-state index < -0.39 is 17.8 Å². The van der Waals surface area contributed by atoms with Crippen LogP contribution in [0.3, 0.4) is 0 Å². The summed E-state index contributed by atoms with van der Waals surface area (Å²) in [5, 5.41) is 2.32. The minimum absolute atomic E-state index is 0.106. The van der Waals surface area contributed by atoms with Crippen molar-refractivity contribution in [1.82, 2.24) is 15.1 Å². The molecule has 2 aliphatic heterocycles. The number of hydrogen-bond donors (Lipinski definition) is 2. The number of carbonyl (C=O) groups is 2. The average Bonchev–Trinajstić information content (AvgIpc) is 2.71. The summed E-state index contributed by atoms with van der Waals surface area (Å²) in [7, 11) is 0. The molecule has 0 bridgehead atoms. The molecule has 1 atom stereocenters. The maximum Gasteiger partial charge on any atom is 0.416 e. The van der Waals surface area contributed by atoms with Crippen LogP contribution in [0.25, 0.3) is 0 Å². The predicted octanol–water partition coefficient (Wildman–Crippen LogP) is 1.49. The Morgan fingerprint density at radius 3 is 2.52 bits per heavy atom. The van der Waals surface area contributed by atoms with Gasteiger partial charge in [0.25, 0.3) is 0 Å². The van der Waals surface area contributed by atoms with Gasteiger partial charge in [0.1, 0.15) is 0 Å². The van der Waals surface area contributed by atoms with Crippen molar-refractivity contribution in [3.05, 3.63) is 29.8 Å². The van der Waals surface area contributed by atoms with Gasteiger partial charge in [0.05, 0.1) is 12.1 Å². The Bertz CT molecular complexity index is 735. The van der Waals surface area contributed by atoms with Crippen LogP contribution in [-0.4, -0.2) is 73.6 Å². The largest absolute Gasteiger partial charge is 0.416 e. The van der Waals surface area contributed by atoms with Crippen LogP contribution in [0.5, 0.6) is 0 Å². The molecule has 7 nitrogen and oxygen atoms in total. The lowest BCUT2D eigenvalue weighted by molar-refractivity contribution is -0.137. The molecule has 0 aromatic heterocycles. The number of hydrogen-bond acceptors (Lipinski definition) is 4. The standard InChI is InChI=1S/C19H26F3N5O2/c20-19(21,22)14-3-1-4-15(11-14)25-7-9-26(10-8-25)16-5-2-6-27(13-16)17(28)12-24-18(23)29/h1,3-4,11,16H,2,5-10,12-13H2,(H3,23,24,29)/t16-/m0/s1. The fourth-order valence-electron chi connectivity index (χ4n) is 3.98. The number of primary amides is 1. The number of piperidine rings is 1.